The first-order valence-electron chi connectivity index (χ1n) is 15.9. The highest BCUT2D eigenvalue weighted by atomic mass is 16.5. The van der Waals surface area contributed by atoms with Gasteiger partial charge in [0.2, 0.25) is 0 Å². The van der Waals surface area contributed by atoms with Crippen LogP contribution in [0.3, 0.4) is 0 Å². The highest BCUT2D eigenvalue weighted by Gasteiger charge is 2.48. The average molecular weight is 555 g/mol. The summed E-state index contributed by atoms with van der Waals surface area (Å²) in [5.41, 5.74) is 8.73. The lowest BCUT2D eigenvalue weighted by molar-refractivity contribution is 0.163. The fourth-order valence-electron chi connectivity index (χ4n) is 8.56. The van der Waals surface area contributed by atoms with Gasteiger partial charge in [0.25, 0.3) is 0 Å². The van der Waals surface area contributed by atoms with Crippen molar-refractivity contribution in [3.05, 3.63) is 155 Å². The summed E-state index contributed by atoms with van der Waals surface area (Å²) in [5.74, 6) is 1.02. The minimum absolute atomic E-state index is 0.0277. The van der Waals surface area contributed by atoms with E-state index in [-0.39, 0.29) is 5.41 Å². The van der Waals surface area contributed by atoms with Crippen LogP contribution >= 0.6 is 0 Å². The largest absolute Gasteiger partial charge is 0.472 e. The molecule has 9 rings (SSSR count). The predicted octanol–water partition coefficient (Wildman–Crippen LogP) is 11.0. The van der Waals surface area contributed by atoms with Crippen LogP contribution in [0.1, 0.15) is 66.3 Å². The Hall–Kier alpha value is -4.62. The molecular formula is C42H34O. The molecule has 2 aliphatic carbocycles. The van der Waals surface area contributed by atoms with Crippen molar-refractivity contribution in [3.63, 3.8) is 0 Å². The molecule has 43 heavy (non-hydrogen) atoms. The summed E-state index contributed by atoms with van der Waals surface area (Å²) < 4.78 is 7.56. The van der Waals surface area contributed by atoms with Crippen molar-refractivity contribution < 1.29 is 4.74 Å². The minimum Gasteiger partial charge on any atom is -0.472 e. The summed E-state index contributed by atoms with van der Waals surface area (Å²) in [6.45, 7) is 0. The highest BCUT2D eigenvalue weighted by Crippen LogP contribution is 2.61. The Morgan fingerprint density at radius 1 is 0.558 bits per heavy atom. The Morgan fingerprint density at radius 3 is 2.09 bits per heavy atom. The van der Waals surface area contributed by atoms with Gasteiger partial charge >= 0.3 is 0 Å². The fourth-order valence-corrected chi connectivity index (χ4v) is 8.56. The molecule has 1 fully saturated rings. The molecule has 1 saturated carbocycles. The molecule has 6 aromatic carbocycles. The Bertz CT molecular complexity index is 2060. The molecule has 0 amide bonds. The molecule has 6 aromatic rings. The number of hydrogen-bond donors (Lipinski definition) is 0. The normalized spacial score (nSPS) is 19.9. The molecular weight excluding hydrogens is 520 g/mol. The lowest BCUT2D eigenvalue weighted by Gasteiger charge is -2.39. The lowest BCUT2D eigenvalue weighted by atomic mass is 9.70. The average Bonchev–Trinajstić information content (AvgIpc) is 3.18. The molecule has 0 N–H and O–H groups in total. The fraction of sp³-hybridized carbons (Fsp3) is 0.190. The van der Waals surface area contributed by atoms with E-state index in [1.807, 2.05) is 0 Å². The quantitative estimate of drug-likeness (QED) is 0.207. The van der Waals surface area contributed by atoms with Gasteiger partial charge in [-0.15, -0.1) is 0 Å². The van der Waals surface area contributed by atoms with E-state index in [9.17, 15) is 0 Å². The summed E-state index contributed by atoms with van der Waals surface area (Å²) in [5, 5.41) is 4.97. The monoisotopic (exact) mass is 554 g/mol. The van der Waals surface area contributed by atoms with Crippen LogP contribution in [0, 0.1) is 0 Å². The number of fused-ring (bicyclic) bond motifs is 11. The molecule has 208 valence electrons. The molecule has 1 atom stereocenters. The number of hydrogen-bond acceptors (Lipinski definition) is 1. The zero-order valence-electron chi connectivity index (χ0n) is 24.4. The van der Waals surface area contributed by atoms with Gasteiger partial charge in [-0.05, 0) is 63.4 Å². The van der Waals surface area contributed by atoms with Crippen molar-refractivity contribution in [2.24, 2.45) is 0 Å². The third-order valence-electron chi connectivity index (χ3n) is 10.5. The van der Waals surface area contributed by atoms with Gasteiger partial charge in [0.1, 0.15) is 5.75 Å². The van der Waals surface area contributed by atoms with Crippen LogP contribution in [0.25, 0.3) is 38.7 Å². The molecule has 1 unspecified atom stereocenters. The molecule has 0 radical (unpaired) electrons. The molecule has 1 spiro atoms. The van der Waals surface area contributed by atoms with E-state index in [4.69, 9.17) is 4.74 Å². The van der Waals surface area contributed by atoms with Gasteiger partial charge in [-0.2, -0.15) is 0 Å². The SMILES string of the molecule is C1=CC(c2ccccc2)(c2ccc3ccccc3c2)Oc2c1c1c(c3ccccc23)-c2ccccc2C12CCCCCC2. The van der Waals surface area contributed by atoms with Crippen molar-refractivity contribution in [2.75, 3.05) is 0 Å². The lowest BCUT2D eigenvalue weighted by Crippen LogP contribution is -2.35. The third kappa shape index (κ3) is 3.51. The van der Waals surface area contributed by atoms with Crippen LogP contribution < -0.4 is 4.74 Å². The summed E-state index contributed by atoms with van der Waals surface area (Å²) in [6.07, 6.45) is 12.3. The van der Waals surface area contributed by atoms with Crippen LogP contribution in [0.15, 0.2) is 127 Å². The highest BCUT2D eigenvalue weighted by molar-refractivity contribution is 6.08. The van der Waals surface area contributed by atoms with Crippen LogP contribution in [0.5, 0.6) is 5.75 Å². The maximum atomic E-state index is 7.56. The van der Waals surface area contributed by atoms with Crippen molar-refractivity contribution in [3.8, 4) is 16.9 Å². The Labute approximate surface area is 253 Å². The number of benzene rings is 6. The second-order valence-electron chi connectivity index (χ2n) is 12.7. The minimum atomic E-state index is -0.739. The van der Waals surface area contributed by atoms with E-state index >= 15 is 0 Å². The summed E-state index contributed by atoms with van der Waals surface area (Å²) in [6, 6.07) is 44.4. The predicted molar refractivity (Wildman–Crippen MR) is 179 cm³/mol. The zero-order valence-corrected chi connectivity index (χ0v) is 24.4. The Kier molecular flexibility index (Phi) is 5.47. The Morgan fingerprint density at radius 2 is 1.26 bits per heavy atom. The summed E-state index contributed by atoms with van der Waals surface area (Å²) >= 11 is 0. The van der Waals surface area contributed by atoms with E-state index in [1.165, 1.54) is 87.9 Å². The molecule has 0 bridgehead atoms. The van der Waals surface area contributed by atoms with Gasteiger partial charge in [-0.25, -0.2) is 0 Å². The van der Waals surface area contributed by atoms with Crippen LogP contribution in [0.2, 0.25) is 0 Å². The van der Waals surface area contributed by atoms with Crippen molar-refractivity contribution >= 4 is 27.6 Å². The van der Waals surface area contributed by atoms with Gasteiger partial charge in [0, 0.05) is 27.5 Å². The summed E-state index contributed by atoms with van der Waals surface area (Å²) in [7, 11) is 0. The van der Waals surface area contributed by atoms with E-state index in [1.54, 1.807) is 0 Å². The number of ether oxygens (including phenoxy) is 1. The van der Waals surface area contributed by atoms with Gasteiger partial charge in [0.15, 0.2) is 5.60 Å². The standard InChI is InChI=1S/C42H34O/c1-2-13-26-41(25-12-1)37-21-11-10-20-35(37)38-33-18-8-9-19-34(33)40-36(39(38)41)24-27-42(43-40,31-16-4-3-5-17-31)32-23-22-29-14-6-7-15-30(29)28-32/h3-11,14-24,27-28H,1-2,12-13,25-26H2. The van der Waals surface area contributed by atoms with E-state index in [0.29, 0.717) is 0 Å². The Balaban J connectivity index is 1.36. The molecule has 1 aliphatic heterocycles. The topological polar surface area (TPSA) is 9.23 Å². The van der Waals surface area contributed by atoms with Crippen LogP contribution in [0.4, 0.5) is 0 Å². The van der Waals surface area contributed by atoms with Crippen molar-refractivity contribution in [2.45, 2.75) is 49.5 Å². The second-order valence-corrected chi connectivity index (χ2v) is 12.7. The first kappa shape index (κ1) is 24.9. The first-order chi connectivity index (χ1) is 21.3. The smallest absolute Gasteiger partial charge is 0.178 e. The molecule has 1 heterocycles. The maximum Gasteiger partial charge on any atom is 0.178 e. The zero-order chi connectivity index (χ0) is 28.4. The van der Waals surface area contributed by atoms with Crippen LogP contribution in [-0.4, -0.2) is 0 Å². The molecule has 0 saturated heterocycles. The van der Waals surface area contributed by atoms with Gasteiger partial charge in [-0.3, -0.25) is 0 Å². The van der Waals surface area contributed by atoms with Crippen molar-refractivity contribution in [1.29, 1.82) is 0 Å². The number of rotatable bonds is 2. The van der Waals surface area contributed by atoms with E-state index in [2.05, 4.69) is 133 Å². The van der Waals surface area contributed by atoms with Gasteiger partial charge < -0.3 is 4.74 Å². The van der Waals surface area contributed by atoms with Crippen molar-refractivity contribution in [1.82, 2.24) is 0 Å². The second kappa shape index (κ2) is 9.44. The molecule has 1 nitrogen and oxygen atoms in total. The molecule has 3 aliphatic rings. The molecule has 1 heteroatoms. The molecule has 0 aromatic heterocycles. The van der Waals surface area contributed by atoms with E-state index in [0.717, 1.165) is 16.9 Å². The first-order valence-corrected chi connectivity index (χ1v) is 15.9. The van der Waals surface area contributed by atoms with Gasteiger partial charge in [0.05, 0.1) is 0 Å². The summed E-state index contributed by atoms with van der Waals surface area (Å²) in [4.78, 5) is 0. The van der Waals surface area contributed by atoms with Gasteiger partial charge in [-0.1, -0.05) is 147 Å². The van der Waals surface area contributed by atoms with E-state index < -0.39 is 5.60 Å². The third-order valence-corrected chi connectivity index (χ3v) is 10.5. The maximum absolute atomic E-state index is 7.56. The van der Waals surface area contributed by atoms with Crippen LogP contribution in [-0.2, 0) is 11.0 Å².